The molecule has 8 heteroatoms. The summed E-state index contributed by atoms with van der Waals surface area (Å²) in [5.74, 6) is -0.581. The van der Waals surface area contributed by atoms with Gasteiger partial charge in [0.1, 0.15) is 0 Å². The van der Waals surface area contributed by atoms with Crippen LogP contribution in [0.15, 0.2) is 53.4 Å². The Balaban J connectivity index is 1.86. The fourth-order valence-electron chi connectivity index (χ4n) is 2.39. The van der Waals surface area contributed by atoms with Crippen molar-refractivity contribution in [3.05, 3.63) is 59.7 Å². The summed E-state index contributed by atoms with van der Waals surface area (Å²) in [5.41, 5.74) is 1.95. The van der Waals surface area contributed by atoms with E-state index in [-0.39, 0.29) is 29.8 Å². The fraction of sp³-hybridized carbons (Fsp3) is 0.263. The average Bonchev–Trinajstić information content (AvgIpc) is 2.65. The van der Waals surface area contributed by atoms with E-state index in [1.54, 1.807) is 48.5 Å². The molecule has 7 nitrogen and oxygen atoms in total. The summed E-state index contributed by atoms with van der Waals surface area (Å²) in [7, 11) is -3.62. The Labute approximate surface area is 159 Å². The van der Waals surface area contributed by atoms with Crippen LogP contribution in [0, 0.1) is 0 Å². The van der Waals surface area contributed by atoms with E-state index in [2.05, 4.69) is 15.4 Å². The lowest BCUT2D eigenvalue weighted by atomic mass is 10.2. The van der Waals surface area contributed by atoms with Crippen LogP contribution in [0.1, 0.15) is 29.8 Å². The molecule has 0 aliphatic carbocycles. The van der Waals surface area contributed by atoms with E-state index >= 15 is 0 Å². The zero-order chi connectivity index (χ0) is 19.9. The van der Waals surface area contributed by atoms with Crippen molar-refractivity contribution in [1.82, 2.24) is 10.0 Å². The number of carbonyl (C=O) groups is 2. The van der Waals surface area contributed by atoms with Gasteiger partial charge in [-0.2, -0.15) is 0 Å². The number of nitrogens with one attached hydrogen (secondary N) is 3. The largest absolute Gasteiger partial charge is 0.351 e. The SMILES string of the molecule is CCc1ccc(S(=O)(=O)NCCNC(=O)c2cccc(NC(C)=O)c2)cc1. The highest BCUT2D eigenvalue weighted by atomic mass is 32.2. The first kappa shape index (κ1) is 20.6. The monoisotopic (exact) mass is 389 g/mol. The summed E-state index contributed by atoms with van der Waals surface area (Å²) in [6.07, 6.45) is 0.836. The van der Waals surface area contributed by atoms with Crippen LogP contribution in [-0.4, -0.2) is 33.3 Å². The molecule has 0 saturated heterocycles. The maximum Gasteiger partial charge on any atom is 0.251 e. The van der Waals surface area contributed by atoms with Crippen LogP contribution in [-0.2, 0) is 21.2 Å². The number of anilines is 1. The van der Waals surface area contributed by atoms with Crippen molar-refractivity contribution in [1.29, 1.82) is 0 Å². The Kier molecular flexibility index (Phi) is 7.09. The van der Waals surface area contributed by atoms with E-state index in [0.717, 1.165) is 12.0 Å². The molecule has 3 N–H and O–H groups in total. The lowest BCUT2D eigenvalue weighted by Gasteiger charge is -2.09. The Morgan fingerprint density at radius 1 is 1.00 bits per heavy atom. The van der Waals surface area contributed by atoms with Crippen molar-refractivity contribution in [3.8, 4) is 0 Å². The van der Waals surface area contributed by atoms with Crippen LogP contribution in [0.3, 0.4) is 0 Å². The van der Waals surface area contributed by atoms with Crippen molar-refractivity contribution in [2.75, 3.05) is 18.4 Å². The number of benzene rings is 2. The van der Waals surface area contributed by atoms with Gasteiger partial charge in [0, 0.05) is 31.3 Å². The van der Waals surface area contributed by atoms with Gasteiger partial charge in [0.15, 0.2) is 0 Å². The molecule has 2 rings (SSSR count). The molecule has 0 aromatic heterocycles. The number of sulfonamides is 1. The summed E-state index contributed by atoms with van der Waals surface area (Å²) in [6, 6.07) is 13.2. The second kappa shape index (κ2) is 9.29. The number of hydrogen-bond acceptors (Lipinski definition) is 4. The highest BCUT2D eigenvalue weighted by Gasteiger charge is 2.13. The van der Waals surface area contributed by atoms with Crippen LogP contribution >= 0.6 is 0 Å². The molecule has 0 bridgehead atoms. The number of amides is 2. The van der Waals surface area contributed by atoms with Crippen molar-refractivity contribution < 1.29 is 18.0 Å². The van der Waals surface area contributed by atoms with Crippen LogP contribution in [0.4, 0.5) is 5.69 Å². The molecule has 0 unspecified atom stereocenters. The first-order valence-electron chi connectivity index (χ1n) is 8.56. The first-order chi connectivity index (χ1) is 12.8. The minimum atomic E-state index is -3.62. The zero-order valence-corrected chi connectivity index (χ0v) is 16.1. The number of hydrogen-bond donors (Lipinski definition) is 3. The molecule has 0 heterocycles. The molecule has 0 radical (unpaired) electrons. The molecular weight excluding hydrogens is 366 g/mol. The summed E-state index contributed by atoms with van der Waals surface area (Å²) >= 11 is 0. The topological polar surface area (TPSA) is 104 Å². The number of carbonyl (C=O) groups excluding carboxylic acids is 2. The van der Waals surface area contributed by atoms with E-state index in [0.29, 0.717) is 11.3 Å². The summed E-state index contributed by atoms with van der Waals surface area (Å²) in [4.78, 5) is 23.4. The van der Waals surface area contributed by atoms with E-state index < -0.39 is 10.0 Å². The van der Waals surface area contributed by atoms with Gasteiger partial charge in [0.05, 0.1) is 4.90 Å². The maximum atomic E-state index is 12.2. The average molecular weight is 389 g/mol. The summed E-state index contributed by atoms with van der Waals surface area (Å²) in [5, 5.41) is 5.25. The Hall–Kier alpha value is -2.71. The van der Waals surface area contributed by atoms with Crippen molar-refractivity contribution in [2.45, 2.75) is 25.2 Å². The predicted molar refractivity (Wildman–Crippen MR) is 104 cm³/mol. The lowest BCUT2D eigenvalue weighted by molar-refractivity contribution is -0.114. The lowest BCUT2D eigenvalue weighted by Crippen LogP contribution is -2.34. The van der Waals surface area contributed by atoms with E-state index in [1.165, 1.54) is 6.92 Å². The minimum absolute atomic E-state index is 0.0645. The second-order valence-corrected chi connectivity index (χ2v) is 7.68. The van der Waals surface area contributed by atoms with E-state index in [4.69, 9.17) is 0 Å². The first-order valence-corrected chi connectivity index (χ1v) is 10.0. The van der Waals surface area contributed by atoms with E-state index in [9.17, 15) is 18.0 Å². The van der Waals surface area contributed by atoms with Crippen molar-refractivity contribution in [3.63, 3.8) is 0 Å². The predicted octanol–water partition coefficient (Wildman–Crippen LogP) is 1.92. The number of rotatable bonds is 8. The van der Waals surface area contributed by atoms with Crippen molar-refractivity contribution in [2.24, 2.45) is 0 Å². The molecule has 0 aliphatic rings. The zero-order valence-electron chi connectivity index (χ0n) is 15.3. The highest BCUT2D eigenvalue weighted by molar-refractivity contribution is 7.89. The normalized spacial score (nSPS) is 11.0. The van der Waals surface area contributed by atoms with Gasteiger partial charge >= 0.3 is 0 Å². The summed E-state index contributed by atoms with van der Waals surface area (Å²) < 4.78 is 26.9. The Morgan fingerprint density at radius 3 is 2.33 bits per heavy atom. The van der Waals surface area contributed by atoms with Gasteiger partial charge in [0.2, 0.25) is 15.9 Å². The van der Waals surface area contributed by atoms with Crippen LogP contribution in [0.25, 0.3) is 0 Å². The van der Waals surface area contributed by atoms with Crippen LogP contribution in [0.2, 0.25) is 0 Å². The van der Waals surface area contributed by atoms with Gasteiger partial charge in [-0.15, -0.1) is 0 Å². The standard InChI is InChI=1S/C19H23N3O4S/c1-3-15-7-9-18(10-8-15)27(25,26)21-12-11-20-19(24)16-5-4-6-17(13-16)22-14(2)23/h4-10,13,21H,3,11-12H2,1-2H3,(H,20,24)(H,22,23). The molecule has 27 heavy (non-hydrogen) atoms. The Morgan fingerprint density at radius 2 is 1.70 bits per heavy atom. The molecule has 2 amide bonds. The van der Waals surface area contributed by atoms with Gasteiger partial charge in [-0.05, 0) is 42.3 Å². The van der Waals surface area contributed by atoms with Crippen molar-refractivity contribution >= 4 is 27.5 Å². The number of aryl methyl sites for hydroxylation is 1. The van der Waals surface area contributed by atoms with Crippen LogP contribution in [0.5, 0.6) is 0 Å². The van der Waals surface area contributed by atoms with Gasteiger partial charge in [0.25, 0.3) is 5.91 Å². The summed E-state index contributed by atoms with van der Waals surface area (Å²) in [6.45, 7) is 3.58. The minimum Gasteiger partial charge on any atom is -0.351 e. The Bertz CT molecular complexity index is 909. The second-order valence-electron chi connectivity index (χ2n) is 5.91. The van der Waals surface area contributed by atoms with Gasteiger partial charge < -0.3 is 10.6 Å². The molecule has 144 valence electrons. The molecule has 0 saturated carbocycles. The molecule has 0 aliphatic heterocycles. The third-order valence-electron chi connectivity index (χ3n) is 3.79. The highest BCUT2D eigenvalue weighted by Crippen LogP contribution is 2.11. The molecule has 0 atom stereocenters. The molecule has 2 aromatic rings. The van der Waals surface area contributed by atoms with Gasteiger partial charge in [-0.3, -0.25) is 9.59 Å². The molecule has 2 aromatic carbocycles. The third-order valence-corrected chi connectivity index (χ3v) is 5.27. The van der Waals surface area contributed by atoms with Gasteiger partial charge in [-0.25, -0.2) is 13.1 Å². The fourth-order valence-corrected chi connectivity index (χ4v) is 3.42. The quantitative estimate of drug-likeness (QED) is 0.600. The third kappa shape index (κ3) is 6.19. The maximum absolute atomic E-state index is 12.2. The smallest absolute Gasteiger partial charge is 0.251 e. The molecule has 0 spiro atoms. The molecule has 0 fully saturated rings. The molecular formula is C19H23N3O4S. The van der Waals surface area contributed by atoms with Crippen LogP contribution < -0.4 is 15.4 Å². The van der Waals surface area contributed by atoms with E-state index in [1.807, 2.05) is 6.92 Å². The van der Waals surface area contributed by atoms with Gasteiger partial charge in [-0.1, -0.05) is 25.1 Å².